The number of carbonyl (C=O) groups excluding carboxylic acids is 1. The molecule has 7 nitrogen and oxygen atoms in total. The van der Waals surface area contributed by atoms with Crippen LogP contribution in [-0.4, -0.2) is 43.6 Å². The smallest absolute Gasteiger partial charge is 0.293 e. The van der Waals surface area contributed by atoms with E-state index in [4.69, 9.17) is 0 Å². The van der Waals surface area contributed by atoms with Crippen molar-refractivity contribution in [2.75, 3.05) is 31.6 Å². The standard InChI is InChI=1S/C13H18N4O3/c1-3-16(10-7-15-8-10)11-5-4-9(13(18)14-2)6-12(11)17(19)20/h4-6,10,15H,3,7-8H2,1-2H3,(H,14,18). The van der Waals surface area contributed by atoms with E-state index in [1.807, 2.05) is 11.8 Å². The first kappa shape index (κ1) is 14.3. The third kappa shape index (κ3) is 2.57. The van der Waals surface area contributed by atoms with Gasteiger partial charge in [0.2, 0.25) is 0 Å². The van der Waals surface area contributed by atoms with Crippen LogP contribution in [0.5, 0.6) is 0 Å². The number of hydrogen-bond donors (Lipinski definition) is 2. The van der Waals surface area contributed by atoms with E-state index < -0.39 is 4.92 Å². The summed E-state index contributed by atoms with van der Waals surface area (Å²) in [5.41, 5.74) is 0.835. The fourth-order valence-corrected chi connectivity index (χ4v) is 2.32. The van der Waals surface area contributed by atoms with E-state index in [0.717, 1.165) is 13.1 Å². The highest BCUT2D eigenvalue weighted by atomic mass is 16.6. The largest absolute Gasteiger partial charge is 0.361 e. The summed E-state index contributed by atoms with van der Waals surface area (Å²) in [6.07, 6.45) is 0. The Bertz CT molecular complexity index is 528. The van der Waals surface area contributed by atoms with Crippen LogP contribution in [0.1, 0.15) is 17.3 Å². The van der Waals surface area contributed by atoms with Crippen LogP contribution in [0.3, 0.4) is 0 Å². The quantitative estimate of drug-likeness (QED) is 0.613. The Labute approximate surface area is 117 Å². The molecule has 0 aromatic heterocycles. The molecule has 2 N–H and O–H groups in total. The Hall–Kier alpha value is -2.15. The van der Waals surface area contributed by atoms with Gasteiger partial charge in [-0.05, 0) is 19.1 Å². The number of nitrogens with zero attached hydrogens (tertiary/aromatic N) is 2. The van der Waals surface area contributed by atoms with Crippen LogP contribution in [0.15, 0.2) is 18.2 Å². The first-order valence-electron chi connectivity index (χ1n) is 6.56. The minimum Gasteiger partial charge on any atom is -0.361 e. The molecule has 2 rings (SSSR count). The summed E-state index contributed by atoms with van der Waals surface area (Å²) >= 11 is 0. The molecule has 1 aromatic rings. The molecule has 20 heavy (non-hydrogen) atoms. The topological polar surface area (TPSA) is 87.5 Å². The summed E-state index contributed by atoms with van der Waals surface area (Å²) in [4.78, 5) is 24.4. The minimum atomic E-state index is -0.434. The van der Waals surface area contributed by atoms with Crippen LogP contribution in [-0.2, 0) is 0 Å². The molecule has 1 aromatic carbocycles. The molecular formula is C13H18N4O3. The lowest BCUT2D eigenvalue weighted by atomic mass is 10.1. The zero-order valence-electron chi connectivity index (χ0n) is 11.5. The van der Waals surface area contributed by atoms with Gasteiger partial charge in [0.15, 0.2) is 0 Å². The zero-order valence-corrected chi connectivity index (χ0v) is 11.5. The third-order valence-electron chi connectivity index (χ3n) is 3.51. The Morgan fingerprint density at radius 2 is 2.25 bits per heavy atom. The second-order valence-electron chi connectivity index (χ2n) is 4.64. The van der Waals surface area contributed by atoms with Gasteiger partial charge in [-0.1, -0.05) is 0 Å². The Balaban J connectivity index is 2.41. The molecule has 1 amide bonds. The molecule has 1 aliphatic rings. The molecule has 108 valence electrons. The van der Waals surface area contributed by atoms with Gasteiger partial charge in [-0.2, -0.15) is 0 Å². The molecule has 0 spiro atoms. The van der Waals surface area contributed by atoms with Gasteiger partial charge in [-0.15, -0.1) is 0 Å². The first-order chi connectivity index (χ1) is 9.58. The van der Waals surface area contributed by atoms with Crippen molar-refractivity contribution in [1.82, 2.24) is 10.6 Å². The molecule has 0 atom stereocenters. The van der Waals surface area contributed by atoms with Gasteiger partial charge in [0.25, 0.3) is 11.6 Å². The fraction of sp³-hybridized carbons (Fsp3) is 0.462. The second kappa shape index (κ2) is 5.87. The average molecular weight is 278 g/mol. The Morgan fingerprint density at radius 1 is 1.55 bits per heavy atom. The van der Waals surface area contributed by atoms with Crippen molar-refractivity contribution in [2.45, 2.75) is 13.0 Å². The van der Waals surface area contributed by atoms with E-state index in [2.05, 4.69) is 10.6 Å². The van der Waals surface area contributed by atoms with Gasteiger partial charge in [-0.25, -0.2) is 0 Å². The number of nitro benzene ring substituents is 1. The van der Waals surface area contributed by atoms with Crippen LogP contribution in [0.2, 0.25) is 0 Å². The summed E-state index contributed by atoms with van der Waals surface area (Å²) in [7, 11) is 1.50. The van der Waals surface area contributed by atoms with Crippen molar-refractivity contribution < 1.29 is 9.72 Å². The second-order valence-corrected chi connectivity index (χ2v) is 4.64. The van der Waals surface area contributed by atoms with Gasteiger partial charge in [0.05, 0.1) is 11.0 Å². The number of carbonyl (C=O) groups is 1. The molecule has 0 saturated carbocycles. The SMILES string of the molecule is CCN(c1ccc(C(=O)NC)cc1[N+](=O)[O-])C1CNC1. The molecule has 0 radical (unpaired) electrons. The van der Waals surface area contributed by atoms with Crippen LogP contribution < -0.4 is 15.5 Å². The predicted molar refractivity (Wildman–Crippen MR) is 76.2 cm³/mol. The van der Waals surface area contributed by atoms with Gasteiger partial charge in [0, 0.05) is 38.3 Å². The van der Waals surface area contributed by atoms with E-state index in [-0.39, 0.29) is 17.6 Å². The highest BCUT2D eigenvalue weighted by Crippen LogP contribution is 2.31. The predicted octanol–water partition coefficient (Wildman–Crippen LogP) is 0.752. The summed E-state index contributed by atoms with van der Waals surface area (Å²) in [5.74, 6) is -0.326. The molecule has 1 fully saturated rings. The van der Waals surface area contributed by atoms with Crippen molar-refractivity contribution in [2.24, 2.45) is 0 Å². The summed E-state index contributed by atoms with van der Waals surface area (Å²) in [6, 6.07) is 4.88. The van der Waals surface area contributed by atoms with Gasteiger partial charge in [0.1, 0.15) is 5.69 Å². The average Bonchev–Trinajstić information content (AvgIpc) is 2.41. The van der Waals surface area contributed by atoms with E-state index in [1.54, 1.807) is 12.1 Å². The maximum atomic E-state index is 11.6. The maximum Gasteiger partial charge on any atom is 0.293 e. The van der Waals surface area contributed by atoms with Gasteiger partial charge < -0.3 is 15.5 Å². The van der Waals surface area contributed by atoms with Gasteiger partial charge >= 0.3 is 0 Å². The van der Waals surface area contributed by atoms with Crippen molar-refractivity contribution in [3.63, 3.8) is 0 Å². The monoisotopic (exact) mass is 278 g/mol. The summed E-state index contributed by atoms with van der Waals surface area (Å²) < 4.78 is 0. The van der Waals surface area contributed by atoms with Crippen molar-refractivity contribution in [3.8, 4) is 0 Å². The molecule has 1 saturated heterocycles. The molecule has 0 unspecified atom stereocenters. The van der Waals surface area contributed by atoms with Crippen molar-refractivity contribution in [3.05, 3.63) is 33.9 Å². The first-order valence-corrected chi connectivity index (χ1v) is 6.56. The lowest BCUT2D eigenvalue weighted by Gasteiger charge is -2.38. The zero-order chi connectivity index (χ0) is 14.7. The molecule has 7 heteroatoms. The number of amides is 1. The summed E-state index contributed by atoms with van der Waals surface area (Å²) in [5, 5.41) is 16.9. The highest BCUT2D eigenvalue weighted by Gasteiger charge is 2.29. The number of benzene rings is 1. The van der Waals surface area contributed by atoms with Crippen molar-refractivity contribution in [1.29, 1.82) is 0 Å². The Morgan fingerprint density at radius 3 is 2.70 bits per heavy atom. The van der Waals surface area contributed by atoms with Crippen LogP contribution in [0.4, 0.5) is 11.4 Å². The van der Waals surface area contributed by atoms with Crippen LogP contribution in [0.25, 0.3) is 0 Å². The molecule has 0 aliphatic carbocycles. The van der Waals surface area contributed by atoms with Crippen molar-refractivity contribution >= 4 is 17.3 Å². The highest BCUT2D eigenvalue weighted by molar-refractivity contribution is 5.95. The van der Waals surface area contributed by atoms with E-state index in [0.29, 0.717) is 17.8 Å². The number of nitrogens with one attached hydrogen (secondary N) is 2. The third-order valence-corrected chi connectivity index (χ3v) is 3.51. The summed E-state index contributed by atoms with van der Waals surface area (Å²) in [6.45, 7) is 4.30. The minimum absolute atomic E-state index is 0.0279. The lowest BCUT2D eigenvalue weighted by Crippen LogP contribution is -2.57. The number of nitro groups is 1. The number of likely N-dealkylation sites (N-methyl/N-ethyl adjacent to an activating group) is 1. The lowest BCUT2D eigenvalue weighted by molar-refractivity contribution is -0.384. The van der Waals surface area contributed by atoms with E-state index in [9.17, 15) is 14.9 Å². The van der Waals surface area contributed by atoms with E-state index in [1.165, 1.54) is 13.1 Å². The number of rotatable bonds is 5. The number of anilines is 1. The molecule has 0 bridgehead atoms. The molecular weight excluding hydrogens is 260 g/mol. The molecule has 1 aliphatic heterocycles. The van der Waals surface area contributed by atoms with Gasteiger partial charge in [-0.3, -0.25) is 14.9 Å². The van der Waals surface area contributed by atoms with Crippen LogP contribution in [0, 0.1) is 10.1 Å². The van der Waals surface area contributed by atoms with Crippen LogP contribution >= 0.6 is 0 Å². The normalized spacial score (nSPS) is 14.5. The number of hydrogen-bond acceptors (Lipinski definition) is 5. The fourth-order valence-electron chi connectivity index (χ4n) is 2.32. The van der Waals surface area contributed by atoms with E-state index >= 15 is 0 Å². The maximum absolute atomic E-state index is 11.6. The molecule has 1 heterocycles. The Kier molecular flexibility index (Phi) is 4.19.